The van der Waals surface area contributed by atoms with E-state index in [1.165, 1.54) is 4.90 Å². The first-order valence-corrected chi connectivity index (χ1v) is 13.8. The summed E-state index contributed by atoms with van der Waals surface area (Å²) in [5.74, 6) is -0.952. The van der Waals surface area contributed by atoms with Gasteiger partial charge in [-0.05, 0) is 74.7 Å². The molecule has 0 bridgehead atoms. The molecule has 2 aromatic carbocycles. The normalized spacial score (nSPS) is 18.7. The highest BCUT2D eigenvalue weighted by molar-refractivity contribution is 9.10. The third-order valence-corrected chi connectivity index (χ3v) is 7.66. The van der Waals surface area contributed by atoms with Crippen LogP contribution in [0.15, 0.2) is 53.0 Å². The number of amides is 2. The van der Waals surface area contributed by atoms with Crippen LogP contribution >= 0.6 is 28.1 Å². The second kappa shape index (κ2) is 12.8. The monoisotopic (exact) mass is 601 g/mol. The Balaban J connectivity index is 1.51. The fraction of sp³-hybridized carbons (Fsp3) is 0.407. The smallest absolute Gasteiger partial charge is 0.338 e. The van der Waals surface area contributed by atoms with E-state index in [9.17, 15) is 14.4 Å². The average molecular weight is 603 g/mol. The lowest BCUT2D eigenvalue weighted by Crippen LogP contribution is -2.48. The van der Waals surface area contributed by atoms with Crippen LogP contribution in [0.25, 0.3) is 0 Å². The van der Waals surface area contributed by atoms with Crippen LogP contribution in [-0.2, 0) is 14.3 Å². The van der Waals surface area contributed by atoms with Gasteiger partial charge in [-0.1, -0.05) is 15.9 Å². The second-order valence-corrected chi connectivity index (χ2v) is 10.6. The number of esters is 1. The molecule has 2 aliphatic rings. The molecule has 2 aromatic rings. The third kappa shape index (κ3) is 6.76. The zero-order chi connectivity index (χ0) is 27.2. The molecule has 2 amide bonds. The average Bonchev–Trinajstić information content (AvgIpc) is 3.13. The van der Waals surface area contributed by atoms with Crippen molar-refractivity contribution in [2.75, 3.05) is 63.1 Å². The molecule has 4 rings (SSSR count). The molecule has 202 valence electrons. The number of nitrogens with one attached hydrogen (secondary N) is 1. The number of carbonyl (C=O) groups is 3. The minimum Gasteiger partial charge on any atom is -0.462 e. The Labute approximate surface area is 236 Å². The highest BCUT2D eigenvalue weighted by atomic mass is 79.9. The van der Waals surface area contributed by atoms with Gasteiger partial charge >= 0.3 is 5.97 Å². The van der Waals surface area contributed by atoms with Gasteiger partial charge in [-0.3, -0.25) is 19.4 Å². The van der Waals surface area contributed by atoms with Gasteiger partial charge in [0.15, 0.2) is 5.11 Å². The molecule has 2 saturated heterocycles. The Morgan fingerprint density at radius 3 is 2.32 bits per heavy atom. The van der Waals surface area contributed by atoms with Crippen LogP contribution in [0.1, 0.15) is 23.7 Å². The van der Waals surface area contributed by atoms with Crippen molar-refractivity contribution in [1.29, 1.82) is 0 Å². The molecule has 1 atom stereocenters. The Kier molecular flexibility index (Phi) is 9.48. The number of hydrogen-bond acceptors (Lipinski definition) is 7. The quantitative estimate of drug-likeness (QED) is 0.346. The predicted octanol–water partition coefficient (Wildman–Crippen LogP) is 3.20. The summed E-state index contributed by atoms with van der Waals surface area (Å²) in [7, 11) is 2.11. The first kappa shape index (κ1) is 28.2. The van der Waals surface area contributed by atoms with E-state index in [4.69, 9.17) is 17.0 Å². The maximum Gasteiger partial charge on any atom is 0.338 e. The number of ether oxygens (including phenoxy) is 1. The molecule has 0 radical (unpaired) electrons. The zero-order valence-corrected chi connectivity index (χ0v) is 24.0. The Morgan fingerprint density at radius 1 is 1.03 bits per heavy atom. The number of rotatable bonds is 9. The van der Waals surface area contributed by atoms with Crippen LogP contribution in [0, 0.1) is 0 Å². The van der Waals surface area contributed by atoms with Crippen LogP contribution in [0.4, 0.5) is 11.4 Å². The molecule has 0 unspecified atom stereocenters. The number of halogens is 1. The van der Waals surface area contributed by atoms with Gasteiger partial charge in [0.25, 0.3) is 5.91 Å². The van der Waals surface area contributed by atoms with E-state index in [1.54, 1.807) is 43.3 Å². The molecule has 2 aliphatic heterocycles. The number of likely N-dealkylation sites (N-methyl/N-ethyl adjacent to an activating group) is 1. The van der Waals surface area contributed by atoms with Crippen molar-refractivity contribution < 1.29 is 19.1 Å². The van der Waals surface area contributed by atoms with Gasteiger partial charge in [0.2, 0.25) is 5.91 Å². The van der Waals surface area contributed by atoms with Gasteiger partial charge in [-0.2, -0.15) is 0 Å². The van der Waals surface area contributed by atoms with Crippen LogP contribution < -0.4 is 10.2 Å². The van der Waals surface area contributed by atoms with E-state index in [2.05, 4.69) is 38.1 Å². The van der Waals surface area contributed by atoms with Crippen molar-refractivity contribution in [3.05, 3.63) is 58.6 Å². The SMILES string of the molecule is CCOC(=O)c1ccc(N2C(=O)[C@@H](CC(=O)Nc3ccc(Br)cc3)N(CCN3CCN(C)CC3)C2=S)cc1. The number of hydrogen-bond donors (Lipinski definition) is 1. The highest BCUT2D eigenvalue weighted by Gasteiger charge is 2.44. The van der Waals surface area contributed by atoms with Crippen molar-refractivity contribution >= 4 is 62.4 Å². The van der Waals surface area contributed by atoms with Crippen LogP contribution in [-0.4, -0.2) is 96.6 Å². The Bertz CT molecular complexity index is 1170. The largest absolute Gasteiger partial charge is 0.462 e. The Hall–Kier alpha value is -2.86. The molecule has 0 aromatic heterocycles. The fourth-order valence-electron chi connectivity index (χ4n) is 4.53. The van der Waals surface area contributed by atoms with Gasteiger partial charge in [-0.25, -0.2) is 4.79 Å². The van der Waals surface area contributed by atoms with Gasteiger partial charge < -0.3 is 19.9 Å². The van der Waals surface area contributed by atoms with Crippen molar-refractivity contribution in [3.63, 3.8) is 0 Å². The number of piperazine rings is 1. The maximum absolute atomic E-state index is 13.7. The highest BCUT2D eigenvalue weighted by Crippen LogP contribution is 2.28. The third-order valence-electron chi connectivity index (χ3n) is 6.72. The lowest BCUT2D eigenvalue weighted by Gasteiger charge is -2.34. The Morgan fingerprint density at radius 2 is 1.68 bits per heavy atom. The van der Waals surface area contributed by atoms with Crippen LogP contribution in [0.3, 0.4) is 0 Å². The predicted molar refractivity (Wildman–Crippen MR) is 154 cm³/mol. The van der Waals surface area contributed by atoms with E-state index in [0.717, 1.165) is 37.2 Å². The summed E-state index contributed by atoms with van der Waals surface area (Å²) in [6.07, 6.45) is -0.0326. The maximum atomic E-state index is 13.7. The summed E-state index contributed by atoms with van der Waals surface area (Å²) in [5, 5.41) is 3.24. The summed E-state index contributed by atoms with van der Waals surface area (Å²) in [6, 6.07) is 13.1. The number of thiocarbonyl (C=S) groups is 1. The molecule has 0 saturated carbocycles. The number of benzene rings is 2. The minimum atomic E-state index is -0.727. The van der Waals surface area contributed by atoms with E-state index in [1.807, 2.05) is 17.0 Å². The topological polar surface area (TPSA) is 85.4 Å². The van der Waals surface area contributed by atoms with Crippen molar-refractivity contribution in [2.45, 2.75) is 19.4 Å². The summed E-state index contributed by atoms with van der Waals surface area (Å²) in [6.45, 7) is 7.16. The lowest BCUT2D eigenvalue weighted by molar-refractivity contribution is -0.124. The van der Waals surface area contributed by atoms with E-state index >= 15 is 0 Å². The van der Waals surface area contributed by atoms with Gasteiger partial charge in [-0.15, -0.1) is 0 Å². The van der Waals surface area contributed by atoms with Gasteiger partial charge in [0, 0.05) is 49.4 Å². The van der Waals surface area contributed by atoms with E-state index in [0.29, 0.717) is 28.6 Å². The summed E-state index contributed by atoms with van der Waals surface area (Å²) in [4.78, 5) is 46.7. The first-order chi connectivity index (χ1) is 18.3. The lowest BCUT2D eigenvalue weighted by atomic mass is 10.1. The summed E-state index contributed by atoms with van der Waals surface area (Å²) >= 11 is 9.17. The first-order valence-electron chi connectivity index (χ1n) is 12.6. The molecule has 2 heterocycles. The molecule has 38 heavy (non-hydrogen) atoms. The fourth-order valence-corrected chi connectivity index (χ4v) is 5.21. The molecule has 9 nitrogen and oxygen atoms in total. The standard InChI is InChI=1S/C27H32BrN5O4S/c1-3-37-26(36)19-4-10-22(11-5-19)33-25(35)23(18-24(34)29-21-8-6-20(28)7-9-21)32(27(33)38)17-16-31-14-12-30(2)13-15-31/h4-11,23H,3,12-18H2,1-2H3,(H,29,34)/t23-/m1/s1. The summed E-state index contributed by atoms with van der Waals surface area (Å²) < 4.78 is 5.97. The van der Waals surface area contributed by atoms with Gasteiger partial charge in [0.1, 0.15) is 6.04 Å². The molecular weight excluding hydrogens is 570 g/mol. The second-order valence-electron chi connectivity index (χ2n) is 9.34. The molecule has 0 spiro atoms. The molecule has 11 heteroatoms. The number of anilines is 2. The molecule has 2 fully saturated rings. The molecule has 1 N–H and O–H groups in total. The van der Waals surface area contributed by atoms with Crippen molar-refractivity contribution in [2.24, 2.45) is 0 Å². The van der Waals surface area contributed by atoms with Crippen LogP contribution in [0.2, 0.25) is 0 Å². The molecule has 0 aliphatic carbocycles. The van der Waals surface area contributed by atoms with Crippen molar-refractivity contribution in [3.8, 4) is 0 Å². The van der Waals surface area contributed by atoms with Crippen LogP contribution in [0.5, 0.6) is 0 Å². The number of nitrogens with zero attached hydrogens (tertiary/aromatic N) is 4. The van der Waals surface area contributed by atoms with Gasteiger partial charge in [0.05, 0.1) is 24.3 Å². The van der Waals surface area contributed by atoms with Crippen molar-refractivity contribution in [1.82, 2.24) is 14.7 Å². The minimum absolute atomic E-state index is 0.0326. The summed E-state index contributed by atoms with van der Waals surface area (Å²) in [5.41, 5.74) is 1.60. The molecular formula is C27H32BrN5O4S. The van der Waals surface area contributed by atoms with E-state index in [-0.39, 0.29) is 24.8 Å². The number of carbonyl (C=O) groups excluding carboxylic acids is 3. The zero-order valence-electron chi connectivity index (χ0n) is 21.6. The van der Waals surface area contributed by atoms with E-state index < -0.39 is 12.0 Å².